The number of unbranched alkanes of at least 4 members (excludes halogenated alkanes) is 1. The molecule has 0 radical (unpaired) electrons. The molecule has 0 saturated heterocycles. The van der Waals surface area contributed by atoms with Crippen molar-refractivity contribution in [2.75, 3.05) is 7.11 Å². The van der Waals surface area contributed by atoms with Gasteiger partial charge in [-0.1, -0.05) is 13.3 Å². The number of nitrogens with one attached hydrogen (secondary N) is 1. The number of methoxy groups -OCH3 is 1. The number of hydrogen-bond acceptors (Lipinski definition) is 5. The van der Waals surface area contributed by atoms with E-state index < -0.39 is 0 Å². The van der Waals surface area contributed by atoms with Gasteiger partial charge in [-0.05, 0) is 56.2 Å². The fourth-order valence-electron chi connectivity index (χ4n) is 2.18. The number of rotatable bonds is 8. The molecule has 6 nitrogen and oxygen atoms in total. The van der Waals surface area contributed by atoms with Crippen LogP contribution in [0.4, 0.5) is 0 Å². The molecule has 1 N–H and O–H groups in total. The lowest BCUT2D eigenvalue weighted by molar-refractivity contribution is 0.230. The van der Waals surface area contributed by atoms with Gasteiger partial charge in [-0.2, -0.15) is 14.9 Å². The number of aromatic nitrogens is 3. The highest BCUT2D eigenvalue weighted by molar-refractivity contribution is 7.71. The molecule has 1 aromatic heterocycles. The van der Waals surface area contributed by atoms with Crippen molar-refractivity contribution in [3.8, 4) is 11.5 Å². The lowest BCUT2D eigenvalue weighted by Crippen LogP contribution is -2.07. The third-order valence-electron chi connectivity index (χ3n) is 3.34. The fraction of sp³-hybridized carbons (Fsp3) is 0.471. The van der Waals surface area contributed by atoms with Crippen molar-refractivity contribution in [2.24, 2.45) is 5.10 Å². The predicted octanol–water partition coefficient (Wildman–Crippen LogP) is 3.96. The number of nitrogens with zero attached hydrogens (tertiary/aromatic N) is 3. The summed E-state index contributed by atoms with van der Waals surface area (Å²) < 4.78 is 13.3. The standard InChI is InChI=1S/C17H24N4O2S/c1-5-6-7-16-19-20-17(24)21(16)18-11-13-8-9-14(23-12(2)3)15(10-13)22-4/h8-12H,5-7H2,1-4H3,(H,20,24). The second kappa shape index (κ2) is 8.63. The van der Waals surface area contributed by atoms with Crippen LogP contribution in [0, 0.1) is 4.77 Å². The normalized spacial score (nSPS) is 11.4. The van der Waals surface area contributed by atoms with E-state index in [4.69, 9.17) is 21.7 Å². The van der Waals surface area contributed by atoms with Crippen LogP contribution in [0.3, 0.4) is 0 Å². The monoisotopic (exact) mass is 348 g/mol. The third-order valence-corrected chi connectivity index (χ3v) is 3.61. The fourth-order valence-corrected chi connectivity index (χ4v) is 2.38. The molecule has 130 valence electrons. The van der Waals surface area contributed by atoms with Crippen LogP contribution in [0.2, 0.25) is 0 Å². The summed E-state index contributed by atoms with van der Waals surface area (Å²) in [6.07, 6.45) is 4.81. The Kier molecular flexibility index (Phi) is 6.54. The van der Waals surface area contributed by atoms with E-state index in [0.717, 1.165) is 30.7 Å². The van der Waals surface area contributed by atoms with E-state index in [1.54, 1.807) is 18.0 Å². The first-order valence-electron chi connectivity index (χ1n) is 8.10. The van der Waals surface area contributed by atoms with E-state index in [-0.39, 0.29) is 6.10 Å². The quantitative estimate of drug-likeness (QED) is 0.579. The first kappa shape index (κ1) is 18.2. The van der Waals surface area contributed by atoms with Gasteiger partial charge < -0.3 is 9.47 Å². The Hall–Kier alpha value is -2.15. The number of ether oxygens (including phenoxy) is 2. The van der Waals surface area contributed by atoms with Crippen molar-refractivity contribution in [3.63, 3.8) is 0 Å². The van der Waals surface area contributed by atoms with Gasteiger partial charge in [0.2, 0.25) is 4.77 Å². The molecule has 2 rings (SSSR count). The average molecular weight is 348 g/mol. The van der Waals surface area contributed by atoms with Crippen LogP contribution in [-0.2, 0) is 6.42 Å². The number of H-pyrrole nitrogens is 1. The smallest absolute Gasteiger partial charge is 0.216 e. The van der Waals surface area contributed by atoms with Gasteiger partial charge in [-0.3, -0.25) is 5.10 Å². The van der Waals surface area contributed by atoms with Gasteiger partial charge in [0, 0.05) is 6.42 Å². The second-order valence-corrected chi connectivity index (χ2v) is 6.07. The SMILES string of the molecule is CCCCc1n[nH]c(=S)n1N=Cc1ccc(OC(C)C)c(OC)c1. The molecule has 1 aromatic carbocycles. The molecule has 2 aromatic rings. The van der Waals surface area contributed by atoms with E-state index in [1.807, 2.05) is 32.0 Å². The minimum atomic E-state index is 0.0869. The highest BCUT2D eigenvalue weighted by Crippen LogP contribution is 2.28. The third kappa shape index (κ3) is 4.67. The van der Waals surface area contributed by atoms with Gasteiger partial charge in [0.1, 0.15) is 0 Å². The van der Waals surface area contributed by atoms with E-state index in [1.165, 1.54) is 0 Å². The van der Waals surface area contributed by atoms with Crippen LogP contribution in [0.25, 0.3) is 0 Å². The molecule has 0 fully saturated rings. The van der Waals surface area contributed by atoms with E-state index in [9.17, 15) is 0 Å². The first-order chi connectivity index (χ1) is 11.5. The molecule has 7 heteroatoms. The lowest BCUT2D eigenvalue weighted by Gasteiger charge is -2.13. The van der Waals surface area contributed by atoms with Crippen molar-refractivity contribution in [1.82, 2.24) is 14.9 Å². The van der Waals surface area contributed by atoms with Gasteiger partial charge in [0.25, 0.3) is 0 Å². The summed E-state index contributed by atoms with van der Waals surface area (Å²) >= 11 is 5.24. The maximum Gasteiger partial charge on any atom is 0.216 e. The van der Waals surface area contributed by atoms with E-state index >= 15 is 0 Å². The van der Waals surface area contributed by atoms with Crippen molar-refractivity contribution in [2.45, 2.75) is 46.1 Å². The summed E-state index contributed by atoms with van der Waals surface area (Å²) in [7, 11) is 1.62. The zero-order chi connectivity index (χ0) is 17.5. The number of aryl methyl sites for hydroxylation is 1. The molecule has 0 spiro atoms. The number of benzene rings is 1. The highest BCUT2D eigenvalue weighted by Gasteiger charge is 2.07. The molecule has 0 unspecified atom stereocenters. The summed E-state index contributed by atoms with van der Waals surface area (Å²) in [5, 5.41) is 11.5. The largest absolute Gasteiger partial charge is 0.493 e. The first-order valence-corrected chi connectivity index (χ1v) is 8.51. The van der Waals surface area contributed by atoms with E-state index in [0.29, 0.717) is 16.3 Å². The second-order valence-electron chi connectivity index (χ2n) is 5.68. The molecule has 0 aliphatic rings. The Labute approximate surface area is 147 Å². The summed E-state index contributed by atoms with van der Waals surface area (Å²) in [5.74, 6) is 2.23. The van der Waals surface area contributed by atoms with Gasteiger partial charge in [-0.15, -0.1) is 0 Å². The molecule has 24 heavy (non-hydrogen) atoms. The molecule has 1 heterocycles. The van der Waals surface area contributed by atoms with Crippen molar-refractivity contribution in [1.29, 1.82) is 0 Å². The minimum absolute atomic E-state index is 0.0869. The number of hydrogen-bond donors (Lipinski definition) is 1. The summed E-state index contributed by atoms with van der Waals surface area (Å²) in [5.41, 5.74) is 0.896. The van der Waals surface area contributed by atoms with Gasteiger partial charge in [0.15, 0.2) is 17.3 Å². The molecular weight excluding hydrogens is 324 g/mol. The zero-order valence-corrected chi connectivity index (χ0v) is 15.4. The summed E-state index contributed by atoms with van der Waals surface area (Å²) in [6.45, 7) is 6.10. The van der Waals surface area contributed by atoms with Crippen LogP contribution >= 0.6 is 12.2 Å². The highest BCUT2D eigenvalue weighted by atomic mass is 32.1. The van der Waals surface area contributed by atoms with Crippen LogP contribution in [-0.4, -0.2) is 34.3 Å². The Morgan fingerprint density at radius 1 is 1.38 bits per heavy atom. The Bertz CT molecular complexity index is 749. The van der Waals surface area contributed by atoms with Crippen LogP contribution in [0.5, 0.6) is 11.5 Å². The van der Waals surface area contributed by atoms with Gasteiger partial charge in [0.05, 0.1) is 19.4 Å². The van der Waals surface area contributed by atoms with Crippen molar-refractivity contribution >= 4 is 18.4 Å². The molecule has 0 aliphatic heterocycles. The van der Waals surface area contributed by atoms with Crippen molar-refractivity contribution in [3.05, 3.63) is 34.4 Å². The van der Waals surface area contributed by atoms with Gasteiger partial charge in [-0.25, -0.2) is 0 Å². The molecule has 0 amide bonds. The topological polar surface area (TPSA) is 64.4 Å². The Balaban J connectivity index is 2.23. The predicted molar refractivity (Wildman–Crippen MR) is 97.8 cm³/mol. The number of aromatic amines is 1. The molecule has 0 atom stereocenters. The van der Waals surface area contributed by atoms with Crippen LogP contribution < -0.4 is 9.47 Å². The lowest BCUT2D eigenvalue weighted by atomic mass is 10.2. The maximum atomic E-state index is 5.72. The summed E-state index contributed by atoms with van der Waals surface area (Å²) in [4.78, 5) is 0. The Morgan fingerprint density at radius 2 is 2.17 bits per heavy atom. The summed E-state index contributed by atoms with van der Waals surface area (Å²) in [6, 6.07) is 5.70. The van der Waals surface area contributed by atoms with Crippen LogP contribution in [0.1, 0.15) is 45.0 Å². The van der Waals surface area contributed by atoms with Crippen molar-refractivity contribution < 1.29 is 9.47 Å². The van der Waals surface area contributed by atoms with Crippen LogP contribution in [0.15, 0.2) is 23.3 Å². The maximum absolute atomic E-state index is 5.72. The minimum Gasteiger partial charge on any atom is -0.493 e. The molecular formula is C17H24N4O2S. The van der Waals surface area contributed by atoms with Gasteiger partial charge >= 0.3 is 0 Å². The molecule has 0 bridgehead atoms. The Morgan fingerprint density at radius 3 is 2.83 bits per heavy atom. The van der Waals surface area contributed by atoms with E-state index in [2.05, 4.69) is 22.2 Å². The molecule has 0 aliphatic carbocycles. The average Bonchev–Trinajstić information content (AvgIpc) is 2.91. The zero-order valence-electron chi connectivity index (χ0n) is 14.6. The molecule has 0 saturated carbocycles.